The number of nitrogens with one attached hydrogen (secondary N) is 1. The predicted octanol–water partition coefficient (Wildman–Crippen LogP) is 3.31. The summed E-state index contributed by atoms with van der Waals surface area (Å²) in [6, 6.07) is 2.14. The van der Waals surface area contributed by atoms with E-state index in [0.29, 0.717) is 19.0 Å². The van der Waals surface area contributed by atoms with E-state index in [1.807, 2.05) is 0 Å². The summed E-state index contributed by atoms with van der Waals surface area (Å²) in [7, 11) is 1.46. The maximum atomic E-state index is 13.3. The third-order valence-corrected chi connectivity index (χ3v) is 5.09. The van der Waals surface area contributed by atoms with Crippen LogP contribution < -0.4 is 5.32 Å². The zero-order chi connectivity index (χ0) is 23.3. The molecule has 0 aliphatic carbocycles. The second kappa shape index (κ2) is 10.2. The quantitative estimate of drug-likeness (QED) is 0.658. The van der Waals surface area contributed by atoms with Crippen molar-refractivity contribution < 1.29 is 32.6 Å². The molecule has 172 valence electrons. The van der Waals surface area contributed by atoms with Crippen molar-refractivity contribution >= 4 is 17.8 Å². The number of benzene rings is 1. The van der Waals surface area contributed by atoms with E-state index < -0.39 is 53.6 Å². The van der Waals surface area contributed by atoms with Gasteiger partial charge in [0, 0.05) is 25.3 Å². The van der Waals surface area contributed by atoms with Crippen LogP contribution in [0.1, 0.15) is 50.9 Å². The van der Waals surface area contributed by atoms with Crippen LogP contribution in [0.3, 0.4) is 0 Å². The number of halogens is 2. The average Bonchev–Trinajstić information content (AvgIpc) is 3.13. The molecule has 7 nitrogen and oxygen atoms in total. The third-order valence-electron chi connectivity index (χ3n) is 5.09. The minimum Gasteiger partial charge on any atom is -0.444 e. The topological polar surface area (TPSA) is 84.9 Å². The third kappa shape index (κ3) is 6.72. The van der Waals surface area contributed by atoms with Crippen LogP contribution in [0.15, 0.2) is 18.2 Å². The largest absolute Gasteiger partial charge is 0.444 e. The second-order valence-electron chi connectivity index (χ2n) is 8.67. The van der Waals surface area contributed by atoms with Crippen molar-refractivity contribution in [1.82, 2.24) is 10.2 Å². The molecule has 1 aromatic carbocycles. The molecule has 3 unspecified atom stereocenters. The molecule has 3 atom stereocenters. The lowest BCUT2D eigenvalue weighted by atomic mass is 9.95. The highest BCUT2D eigenvalue weighted by molar-refractivity contribution is 5.99. The lowest BCUT2D eigenvalue weighted by Gasteiger charge is -2.34. The molecule has 1 aliphatic heterocycles. The number of ether oxygens (including phenoxy) is 2. The van der Waals surface area contributed by atoms with Crippen molar-refractivity contribution in [3.63, 3.8) is 0 Å². The number of hydrogen-bond acceptors (Lipinski definition) is 5. The first-order chi connectivity index (χ1) is 14.4. The SMILES string of the molecule is COC(C(C)C(=O)NCC(=O)c1cc(F)cc(F)c1)C1CCCN1C(=O)OC(C)(C)C. The molecule has 0 radical (unpaired) electrons. The minimum absolute atomic E-state index is 0.166. The number of amides is 2. The Hall–Kier alpha value is -2.55. The standard InChI is InChI=1S/C22H30F2N2O5/c1-13(20(28)25-12-18(27)14-9-15(23)11-16(24)10-14)19(30-5)17-7-6-8-26(17)21(29)31-22(2,3)4/h9-11,13,17,19H,6-8,12H2,1-5H3,(H,25,28). The fourth-order valence-corrected chi connectivity index (χ4v) is 3.67. The Balaban J connectivity index is 2.02. The van der Waals surface area contributed by atoms with Crippen molar-refractivity contribution in [1.29, 1.82) is 0 Å². The molecule has 0 saturated carbocycles. The van der Waals surface area contributed by atoms with Gasteiger partial charge < -0.3 is 19.7 Å². The zero-order valence-corrected chi connectivity index (χ0v) is 18.5. The second-order valence-corrected chi connectivity index (χ2v) is 8.67. The van der Waals surface area contributed by atoms with Crippen molar-refractivity contribution in [2.24, 2.45) is 5.92 Å². The summed E-state index contributed by atoms with van der Waals surface area (Å²) in [5.41, 5.74) is -0.812. The van der Waals surface area contributed by atoms with Gasteiger partial charge >= 0.3 is 6.09 Å². The maximum absolute atomic E-state index is 13.3. The van der Waals surface area contributed by atoms with Gasteiger partial charge in [0.25, 0.3) is 0 Å². The highest BCUT2D eigenvalue weighted by Crippen LogP contribution is 2.28. The van der Waals surface area contributed by atoms with Crippen LogP contribution in [-0.4, -0.2) is 60.6 Å². The Bertz CT molecular complexity index is 804. The smallest absolute Gasteiger partial charge is 0.410 e. The van der Waals surface area contributed by atoms with Crippen LogP contribution in [-0.2, 0) is 14.3 Å². The number of carbonyl (C=O) groups excluding carboxylic acids is 3. The van der Waals surface area contributed by atoms with Crippen LogP contribution >= 0.6 is 0 Å². The molecule has 2 rings (SSSR count). The zero-order valence-electron chi connectivity index (χ0n) is 18.5. The van der Waals surface area contributed by atoms with Gasteiger partial charge in [0.05, 0.1) is 24.6 Å². The van der Waals surface area contributed by atoms with E-state index in [2.05, 4.69) is 5.32 Å². The molecule has 9 heteroatoms. The molecule has 1 heterocycles. The summed E-state index contributed by atoms with van der Waals surface area (Å²) in [5, 5.41) is 2.49. The number of ketones is 1. The first-order valence-electron chi connectivity index (χ1n) is 10.2. The molecule has 2 amide bonds. The van der Waals surface area contributed by atoms with E-state index in [1.165, 1.54) is 7.11 Å². The van der Waals surface area contributed by atoms with Gasteiger partial charge in [-0.1, -0.05) is 6.92 Å². The number of rotatable bonds is 7. The lowest BCUT2D eigenvalue weighted by Crippen LogP contribution is -2.51. The van der Waals surface area contributed by atoms with Crippen LogP contribution in [0.25, 0.3) is 0 Å². The Labute approximate surface area is 181 Å². The Morgan fingerprint density at radius 2 is 1.81 bits per heavy atom. The molecule has 1 fully saturated rings. The highest BCUT2D eigenvalue weighted by Gasteiger charge is 2.41. The number of likely N-dealkylation sites (tertiary alicyclic amines) is 1. The van der Waals surface area contributed by atoms with E-state index in [4.69, 9.17) is 9.47 Å². The number of carbonyl (C=O) groups is 3. The number of nitrogens with zero attached hydrogens (tertiary/aromatic N) is 1. The van der Waals surface area contributed by atoms with E-state index in [-0.39, 0.29) is 11.6 Å². The van der Waals surface area contributed by atoms with Crippen molar-refractivity contribution in [2.45, 2.75) is 58.3 Å². The van der Waals surface area contributed by atoms with Crippen molar-refractivity contribution in [3.8, 4) is 0 Å². The van der Waals surface area contributed by atoms with Crippen molar-refractivity contribution in [2.75, 3.05) is 20.2 Å². The molecule has 31 heavy (non-hydrogen) atoms. The number of hydrogen-bond donors (Lipinski definition) is 1. The Morgan fingerprint density at radius 1 is 1.19 bits per heavy atom. The normalized spacial score (nSPS) is 18.4. The number of Topliss-reactive ketones (excluding diaryl/α,β-unsaturated/α-hetero) is 1. The van der Waals surface area contributed by atoms with Gasteiger partial charge in [-0.15, -0.1) is 0 Å². The summed E-state index contributed by atoms with van der Waals surface area (Å²) in [5.74, 6) is -3.51. The van der Waals surface area contributed by atoms with Crippen LogP contribution in [0.2, 0.25) is 0 Å². The van der Waals surface area contributed by atoms with Gasteiger partial charge in [-0.2, -0.15) is 0 Å². The van der Waals surface area contributed by atoms with Crippen LogP contribution in [0.4, 0.5) is 13.6 Å². The van der Waals surface area contributed by atoms with E-state index in [1.54, 1.807) is 32.6 Å². The highest BCUT2D eigenvalue weighted by atomic mass is 19.1. The Morgan fingerprint density at radius 3 is 2.35 bits per heavy atom. The molecule has 1 aromatic rings. The van der Waals surface area contributed by atoms with Gasteiger partial charge in [-0.25, -0.2) is 13.6 Å². The molecule has 0 bridgehead atoms. The lowest BCUT2D eigenvalue weighted by molar-refractivity contribution is -0.130. The summed E-state index contributed by atoms with van der Waals surface area (Å²) >= 11 is 0. The van der Waals surface area contributed by atoms with Gasteiger partial charge in [0.15, 0.2) is 5.78 Å². The first-order valence-corrected chi connectivity index (χ1v) is 10.2. The maximum Gasteiger partial charge on any atom is 0.410 e. The van der Waals surface area contributed by atoms with E-state index in [0.717, 1.165) is 18.6 Å². The molecule has 1 saturated heterocycles. The fourth-order valence-electron chi connectivity index (χ4n) is 3.67. The van der Waals surface area contributed by atoms with Gasteiger partial charge in [0.1, 0.15) is 17.2 Å². The summed E-state index contributed by atoms with van der Waals surface area (Å²) in [4.78, 5) is 39.0. The minimum atomic E-state index is -0.869. The monoisotopic (exact) mass is 440 g/mol. The van der Waals surface area contributed by atoms with Gasteiger partial charge in [-0.3, -0.25) is 9.59 Å². The molecule has 0 spiro atoms. The van der Waals surface area contributed by atoms with Gasteiger partial charge in [0.2, 0.25) is 5.91 Å². The van der Waals surface area contributed by atoms with E-state index in [9.17, 15) is 23.2 Å². The first kappa shape index (κ1) is 24.7. The molecule has 0 aromatic heterocycles. The predicted molar refractivity (Wildman–Crippen MR) is 110 cm³/mol. The van der Waals surface area contributed by atoms with Crippen molar-refractivity contribution in [3.05, 3.63) is 35.4 Å². The summed E-state index contributed by atoms with van der Waals surface area (Å²) in [6.07, 6.45) is 0.322. The number of methoxy groups -OCH3 is 1. The summed E-state index contributed by atoms with van der Waals surface area (Å²) < 4.78 is 37.6. The Kier molecular flexibility index (Phi) is 8.11. The van der Waals surface area contributed by atoms with Crippen LogP contribution in [0.5, 0.6) is 0 Å². The summed E-state index contributed by atoms with van der Waals surface area (Å²) in [6.45, 7) is 7.06. The van der Waals surface area contributed by atoms with Crippen LogP contribution in [0, 0.1) is 17.6 Å². The molecule has 1 N–H and O–H groups in total. The molecular weight excluding hydrogens is 410 g/mol. The van der Waals surface area contributed by atoms with E-state index >= 15 is 0 Å². The average molecular weight is 440 g/mol. The fraction of sp³-hybridized carbons (Fsp3) is 0.591. The molecule has 1 aliphatic rings. The van der Waals surface area contributed by atoms with Gasteiger partial charge in [-0.05, 0) is 45.7 Å². The molecular formula is C22H30F2N2O5.